The molecule has 0 spiro atoms. The summed E-state index contributed by atoms with van der Waals surface area (Å²) < 4.78 is 26.8. The van der Waals surface area contributed by atoms with E-state index >= 15 is 0 Å². The van der Waals surface area contributed by atoms with Gasteiger partial charge >= 0.3 is 5.97 Å². The third kappa shape index (κ3) is 4.40. The Kier molecular flexibility index (Phi) is 8.50. The zero-order valence-electron chi connectivity index (χ0n) is 27.7. The molecule has 1 saturated heterocycles. The van der Waals surface area contributed by atoms with Crippen LogP contribution in [0.15, 0.2) is 23.9 Å². The molecule has 3 aliphatic carbocycles. The minimum absolute atomic E-state index is 0.00455. The molecule has 2 aromatic carbocycles. The number of aromatic hydroxyl groups is 2. The Morgan fingerprint density at radius 1 is 0.940 bits per heavy atom. The first-order valence-electron chi connectivity index (χ1n) is 15.4. The molecule has 0 bridgehead atoms. The largest absolute Gasteiger partial charge is 0.507 e. The van der Waals surface area contributed by atoms with E-state index in [1.54, 1.807) is 6.92 Å². The lowest BCUT2D eigenvalue weighted by Crippen LogP contribution is -2.73. The number of carbonyl (C=O) groups excluding carboxylic acids is 5. The van der Waals surface area contributed by atoms with Gasteiger partial charge in [-0.25, -0.2) is 4.79 Å². The number of Topliss-reactive ketones (excluding diaryl/α,β-unsaturated/α-hetero) is 3. The zero-order chi connectivity index (χ0) is 36.8. The van der Waals surface area contributed by atoms with Crippen molar-refractivity contribution >= 4 is 29.1 Å². The van der Waals surface area contributed by atoms with E-state index in [4.69, 9.17) is 23.7 Å². The Bertz CT molecular complexity index is 1920. The van der Waals surface area contributed by atoms with Crippen LogP contribution >= 0.6 is 0 Å². The molecular weight excluding hydrogens is 662 g/mol. The summed E-state index contributed by atoms with van der Waals surface area (Å²) in [6.45, 7) is 3.06. The fourth-order valence-corrected chi connectivity index (χ4v) is 7.85. The van der Waals surface area contributed by atoms with Crippen molar-refractivity contribution in [3.63, 3.8) is 0 Å². The van der Waals surface area contributed by atoms with E-state index in [1.165, 1.54) is 27.2 Å². The minimum Gasteiger partial charge on any atom is -0.507 e. The van der Waals surface area contributed by atoms with E-state index in [9.17, 15) is 49.5 Å². The van der Waals surface area contributed by atoms with E-state index in [1.807, 2.05) is 0 Å². The molecule has 0 saturated carbocycles. The fourth-order valence-electron chi connectivity index (χ4n) is 7.85. The SMILES string of the molecule is COC(=O)c1c(C)cc2c(c1O)[C@]1(O)C(=O)c3cc4c(c(O)c3C(=O)[C@]1(OC)[C@H](O)C2)C(=O)C=C(N[C@@H]1O[C@H](C)[C@@H](OC)[C@H](O)[C@@H]1OC)C4=O. The van der Waals surface area contributed by atoms with Crippen LogP contribution in [-0.4, -0.2) is 125 Å². The molecule has 8 atom stereocenters. The monoisotopic (exact) mass is 697 g/mol. The van der Waals surface area contributed by atoms with Crippen LogP contribution in [0.3, 0.4) is 0 Å². The summed E-state index contributed by atoms with van der Waals surface area (Å²) in [6, 6.07) is 2.18. The van der Waals surface area contributed by atoms with Gasteiger partial charge in [0.15, 0.2) is 23.2 Å². The first kappa shape index (κ1) is 35.3. The van der Waals surface area contributed by atoms with E-state index in [0.717, 1.165) is 26.4 Å². The van der Waals surface area contributed by atoms with Gasteiger partial charge in [-0.05, 0) is 31.0 Å². The summed E-state index contributed by atoms with van der Waals surface area (Å²) in [7, 11) is 4.62. The molecule has 0 aromatic heterocycles. The van der Waals surface area contributed by atoms with Crippen molar-refractivity contribution in [2.45, 2.75) is 68.2 Å². The third-order valence-corrected chi connectivity index (χ3v) is 10.2. The molecule has 50 heavy (non-hydrogen) atoms. The molecule has 16 nitrogen and oxygen atoms in total. The van der Waals surface area contributed by atoms with Gasteiger partial charge in [0.05, 0.1) is 36.1 Å². The van der Waals surface area contributed by atoms with E-state index in [-0.39, 0.29) is 16.8 Å². The van der Waals surface area contributed by atoms with Crippen LogP contribution in [0.5, 0.6) is 11.5 Å². The first-order chi connectivity index (χ1) is 23.6. The molecule has 1 heterocycles. The van der Waals surface area contributed by atoms with Gasteiger partial charge in [0.1, 0.15) is 35.4 Å². The van der Waals surface area contributed by atoms with Crippen molar-refractivity contribution in [3.05, 3.63) is 68.4 Å². The normalized spacial score (nSPS) is 31.7. The van der Waals surface area contributed by atoms with Crippen molar-refractivity contribution in [1.29, 1.82) is 0 Å². The summed E-state index contributed by atoms with van der Waals surface area (Å²) in [5, 5.41) is 60.3. The molecule has 6 rings (SSSR count). The number of aliphatic hydroxyl groups is 3. The number of ketones is 4. The van der Waals surface area contributed by atoms with E-state index in [2.05, 4.69) is 5.32 Å². The summed E-state index contributed by atoms with van der Waals surface area (Å²) in [5.74, 6) is -7.67. The standard InChI is InChI=1S/C34H35NO15/c1-11-7-13-8-18(37)34(49-6)30(43)21-15(29(42)33(34,45)22(13)25(40)19(11)32(44)48-5)9-14-20(24(21)39)17(36)10-16(23(14)38)35-31-28(47-4)26(41)27(46-3)12(2)50-31/h7,9-10,12,18,26-28,31,35,37,39-41,45H,8H2,1-6H3/t12-,18-,26+,27-,28+,31-,33+,34-/m1/s1. The lowest BCUT2D eigenvalue weighted by molar-refractivity contribution is -0.236. The number of benzene rings is 2. The van der Waals surface area contributed by atoms with Gasteiger partial charge in [0.25, 0.3) is 0 Å². The molecule has 0 unspecified atom stereocenters. The number of rotatable bonds is 6. The fraction of sp³-hybridized carbons (Fsp3) is 0.441. The highest BCUT2D eigenvalue weighted by Gasteiger charge is 2.72. The number of nitrogens with one attached hydrogen (secondary N) is 1. The van der Waals surface area contributed by atoms with Gasteiger partial charge in [0, 0.05) is 50.5 Å². The van der Waals surface area contributed by atoms with E-state index in [0.29, 0.717) is 0 Å². The predicted octanol–water partition coefficient (Wildman–Crippen LogP) is -0.250. The number of phenols is 2. The van der Waals surface area contributed by atoms with Crippen LogP contribution in [-0.2, 0) is 35.7 Å². The summed E-state index contributed by atoms with van der Waals surface area (Å²) in [4.78, 5) is 69.1. The number of fused-ring (bicyclic) bond motifs is 5. The Morgan fingerprint density at radius 2 is 1.60 bits per heavy atom. The van der Waals surface area contributed by atoms with Crippen molar-refractivity contribution in [2.75, 3.05) is 28.4 Å². The number of aliphatic hydroxyl groups excluding tert-OH is 2. The Morgan fingerprint density at radius 3 is 2.20 bits per heavy atom. The maximum atomic E-state index is 14.6. The average Bonchev–Trinajstić information content (AvgIpc) is 3.05. The van der Waals surface area contributed by atoms with Gasteiger partial charge in [-0.1, -0.05) is 6.07 Å². The second-order valence-corrected chi connectivity index (χ2v) is 12.6. The summed E-state index contributed by atoms with van der Waals surface area (Å²) in [5.41, 5.74) is -10.1. The topological polar surface area (TPSA) is 245 Å². The van der Waals surface area contributed by atoms with Crippen LogP contribution < -0.4 is 5.32 Å². The van der Waals surface area contributed by atoms with Gasteiger partial charge in [0.2, 0.25) is 17.3 Å². The minimum atomic E-state index is -3.23. The Hall–Kier alpha value is -4.55. The molecular formula is C34H35NO15. The Balaban J connectivity index is 1.51. The maximum Gasteiger partial charge on any atom is 0.341 e. The predicted molar refractivity (Wildman–Crippen MR) is 166 cm³/mol. The lowest BCUT2D eigenvalue weighted by Gasteiger charge is -2.52. The molecule has 266 valence electrons. The molecule has 0 amide bonds. The molecule has 1 fully saturated rings. The van der Waals surface area contributed by atoms with Crippen LogP contribution in [0, 0.1) is 6.92 Å². The smallest absolute Gasteiger partial charge is 0.341 e. The summed E-state index contributed by atoms with van der Waals surface area (Å²) in [6.07, 6.45) is -6.55. The second-order valence-electron chi connectivity index (χ2n) is 12.6. The highest BCUT2D eigenvalue weighted by molar-refractivity contribution is 6.31. The van der Waals surface area contributed by atoms with Crippen LogP contribution in [0.2, 0.25) is 0 Å². The van der Waals surface area contributed by atoms with E-state index < -0.39 is 128 Å². The number of aryl methyl sites for hydroxylation is 1. The number of esters is 1. The number of methoxy groups -OCH3 is 4. The van der Waals surface area contributed by atoms with Crippen LogP contribution in [0.4, 0.5) is 0 Å². The molecule has 16 heteroatoms. The van der Waals surface area contributed by atoms with Gasteiger partial charge in [-0.15, -0.1) is 0 Å². The maximum absolute atomic E-state index is 14.6. The highest BCUT2D eigenvalue weighted by Crippen LogP contribution is 2.56. The molecule has 2 aromatic rings. The molecule has 1 aliphatic heterocycles. The molecule has 0 radical (unpaired) electrons. The average molecular weight is 698 g/mol. The number of ether oxygens (including phenoxy) is 5. The second kappa shape index (κ2) is 12.1. The number of hydrogen-bond donors (Lipinski definition) is 6. The van der Waals surface area contributed by atoms with Crippen molar-refractivity contribution in [1.82, 2.24) is 5.32 Å². The van der Waals surface area contributed by atoms with Gasteiger partial charge in [-0.3, -0.25) is 19.2 Å². The van der Waals surface area contributed by atoms with Crippen molar-refractivity contribution < 1.29 is 73.2 Å². The lowest BCUT2D eigenvalue weighted by atomic mass is 9.56. The number of hydrogen-bond acceptors (Lipinski definition) is 16. The van der Waals surface area contributed by atoms with Crippen molar-refractivity contribution in [3.8, 4) is 11.5 Å². The number of allylic oxidation sites excluding steroid dienone is 2. The number of carbonyl (C=O) groups is 5. The van der Waals surface area contributed by atoms with Crippen molar-refractivity contribution in [2.24, 2.45) is 0 Å². The third-order valence-electron chi connectivity index (χ3n) is 10.2. The summed E-state index contributed by atoms with van der Waals surface area (Å²) >= 11 is 0. The quantitative estimate of drug-likeness (QED) is 0.213. The molecule has 4 aliphatic rings. The number of phenolic OH excluding ortho intramolecular Hbond substituents is 2. The van der Waals surface area contributed by atoms with Gasteiger partial charge in [-0.2, -0.15) is 0 Å². The first-order valence-corrected chi connectivity index (χ1v) is 15.4. The molecule has 6 N–H and O–H groups in total. The zero-order valence-corrected chi connectivity index (χ0v) is 27.7. The highest BCUT2D eigenvalue weighted by atomic mass is 16.6. The Labute approximate surface area is 284 Å². The van der Waals surface area contributed by atoms with Gasteiger partial charge < -0.3 is 54.5 Å². The van der Waals surface area contributed by atoms with Crippen LogP contribution in [0.25, 0.3) is 0 Å². The van der Waals surface area contributed by atoms with Crippen LogP contribution in [0.1, 0.15) is 75.4 Å².